The van der Waals surface area contributed by atoms with Crippen LogP contribution in [0.5, 0.6) is 0 Å². The van der Waals surface area contributed by atoms with Gasteiger partial charge in [-0.25, -0.2) is 0 Å². The average Bonchev–Trinajstić information content (AvgIpc) is 2.16. The van der Waals surface area contributed by atoms with Gasteiger partial charge in [0.15, 0.2) is 0 Å². The van der Waals surface area contributed by atoms with Crippen LogP contribution in [0.2, 0.25) is 5.02 Å². The van der Waals surface area contributed by atoms with Crippen molar-refractivity contribution in [3.05, 3.63) is 41.2 Å². The summed E-state index contributed by atoms with van der Waals surface area (Å²) in [6, 6.07) is 7.23. The zero-order valence-corrected chi connectivity index (χ0v) is 10.0. The largest absolute Gasteiger partial charge is 0.385 e. The quantitative estimate of drug-likeness (QED) is 0.558. The lowest BCUT2D eigenvalue weighted by molar-refractivity contribution is 0.621. The van der Waals surface area contributed by atoms with Gasteiger partial charge < -0.3 is 16.0 Å². The van der Waals surface area contributed by atoms with Crippen LogP contribution in [0.1, 0.15) is 0 Å². The number of nitrogens with two attached hydrogens (primary N) is 1. The molecule has 86 valence electrons. The molecule has 0 amide bonds. The molecule has 0 aromatic heterocycles. The first-order chi connectivity index (χ1) is 7.49. The van der Waals surface area contributed by atoms with Gasteiger partial charge in [-0.3, -0.25) is 5.41 Å². The van der Waals surface area contributed by atoms with E-state index in [4.69, 9.17) is 22.7 Å². The Morgan fingerprint density at radius 2 is 2.19 bits per heavy atom. The highest BCUT2D eigenvalue weighted by molar-refractivity contribution is 6.30. The van der Waals surface area contributed by atoms with Crippen molar-refractivity contribution >= 4 is 23.1 Å². The van der Waals surface area contributed by atoms with Crippen molar-refractivity contribution in [1.82, 2.24) is 4.90 Å². The van der Waals surface area contributed by atoms with Crippen LogP contribution in [0, 0.1) is 5.41 Å². The van der Waals surface area contributed by atoms with Crippen LogP contribution in [0.3, 0.4) is 0 Å². The Kier molecular flexibility index (Phi) is 4.19. The van der Waals surface area contributed by atoms with E-state index in [2.05, 4.69) is 5.32 Å². The van der Waals surface area contributed by atoms with E-state index in [-0.39, 0.29) is 0 Å². The van der Waals surface area contributed by atoms with E-state index in [1.54, 1.807) is 37.2 Å². The maximum atomic E-state index is 7.59. The second kappa shape index (κ2) is 5.42. The number of nitrogens with zero attached hydrogens (tertiary/aromatic N) is 1. The Balaban J connectivity index is 2.71. The standard InChI is InChI=1S/C11H15ClN4/c1-16(2)11(14)7-10(13)15-9-5-3-4-8(12)6-9/h3-7,14-15H,13H2,1-2H3/b10-7+,14-11?. The SMILES string of the molecule is CN(C)C(=N)/C=C(\N)Nc1cccc(Cl)c1. The van der Waals surface area contributed by atoms with Gasteiger partial charge in [0, 0.05) is 30.9 Å². The van der Waals surface area contributed by atoms with Gasteiger partial charge in [-0.1, -0.05) is 17.7 Å². The smallest absolute Gasteiger partial charge is 0.123 e. The van der Waals surface area contributed by atoms with Crippen molar-refractivity contribution < 1.29 is 0 Å². The molecule has 0 radical (unpaired) electrons. The minimum atomic E-state index is 0.326. The maximum Gasteiger partial charge on any atom is 0.123 e. The van der Waals surface area contributed by atoms with Gasteiger partial charge in [-0.2, -0.15) is 0 Å². The van der Waals surface area contributed by atoms with Crippen LogP contribution in [0.4, 0.5) is 5.69 Å². The summed E-state index contributed by atoms with van der Waals surface area (Å²) in [4.78, 5) is 1.66. The number of anilines is 1. The summed E-state index contributed by atoms with van der Waals surface area (Å²) in [5.41, 5.74) is 6.53. The van der Waals surface area contributed by atoms with Gasteiger partial charge in [-0.05, 0) is 18.2 Å². The highest BCUT2D eigenvalue weighted by atomic mass is 35.5. The van der Waals surface area contributed by atoms with Crippen molar-refractivity contribution in [3.63, 3.8) is 0 Å². The van der Waals surface area contributed by atoms with Gasteiger partial charge in [0.25, 0.3) is 0 Å². The molecule has 4 nitrogen and oxygen atoms in total. The second-order valence-corrected chi connectivity index (χ2v) is 3.95. The first-order valence-electron chi connectivity index (χ1n) is 4.74. The summed E-state index contributed by atoms with van der Waals surface area (Å²) >= 11 is 5.83. The van der Waals surface area contributed by atoms with Crippen LogP contribution in [-0.4, -0.2) is 24.8 Å². The number of halogens is 1. The second-order valence-electron chi connectivity index (χ2n) is 3.51. The Bertz CT molecular complexity index is 412. The molecule has 0 aliphatic heterocycles. The highest BCUT2D eigenvalue weighted by Crippen LogP contribution is 2.15. The zero-order valence-electron chi connectivity index (χ0n) is 9.29. The molecule has 5 heteroatoms. The lowest BCUT2D eigenvalue weighted by Crippen LogP contribution is -2.21. The average molecular weight is 239 g/mol. The molecule has 0 heterocycles. The lowest BCUT2D eigenvalue weighted by Gasteiger charge is -2.12. The zero-order chi connectivity index (χ0) is 12.1. The fourth-order valence-corrected chi connectivity index (χ4v) is 1.24. The van der Waals surface area contributed by atoms with Gasteiger partial charge in [-0.15, -0.1) is 0 Å². The van der Waals surface area contributed by atoms with E-state index < -0.39 is 0 Å². The van der Waals surface area contributed by atoms with Crippen LogP contribution < -0.4 is 11.1 Å². The van der Waals surface area contributed by atoms with Crippen molar-refractivity contribution in [2.24, 2.45) is 5.73 Å². The summed E-state index contributed by atoms with van der Waals surface area (Å²) in [6.45, 7) is 0. The molecule has 0 fully saturated rings. The topological polar surface area (TPSA) is 65.1 Å². The third-order valence-corrected chi connectivity index (χ3v) is 2.12. The summed E-state index contributed by atoms with van der Waals surface area (Å²) < 4.78 is 0. The molecular formula is C11H15ClN4. The van der Waals surface area contributed by atoms with Gasteiger partial charge >= 0.3 is 0 Å². The number of amidine groups is 1. The summed E-state index contributed by atoms with van der Waals surface area (Å²) in [7, 11) is 3.57. The summed E-state index contributed by atoms with van der Waals surface area (Å²) in [5, 5.41) is 11.2. The molecule has 0 atom stereocenters. The predicted octanol–water partition coefficient (Wildman–Crippen LogP) is 2.09. The third kappa shape index (κ3) is 3.82. The van der Waals surface area contributed by atoms with E-state index in [1.807, 2.05) is 12.1 Å². The molecule has 1 aromatic rings. The Hall–Kier alpha value is -1.68. The molecule has 4 N–H and O–H groups in total. The van der Waals surface area contributed by atoms with Crippen molar-refractivity contribution in [1.29, 1.82) is 5.41 Å². The van der Waals surface area contributed by atoms with E-state index >= 15 is 0 Å². The normalized spacial score (nSPS) is 11.1. The maximum absolute atomic E-state index is 7.59. The molecule has 1 aromatic carbocycles. The fraction of sp³-hybridized carbons (Fsp3) is 0.182. The Morgan fingerprint density at radius 3 is 2.75 bits per heavy atom. The molecule has 0 aliphatic rings. The Morgan fingerprint density at radius 1 is 1.50 bits per heavy atom. The van der Waals surface area contributed by atoms with Gasteiger partial charge in [0.1, 0.15) is 11.7 Å². The van der Waals surface area contributed by atoms with Gasteiger partial charge in [0.05, 0.1) is 0 Å². The molecule has 1 rings (SSSR count). The molecule has 0 saturated carbocycles. The summed E-state index contributed by atoms with van der Waals surface area (Å²) in [6.07, 6.45) is 1.54. The van der Waals surface area contributed by atoms with Crippen LogP contribution >= 0.6 is 11.6 Å². The van der Waals surface area contributed by atoms with Crippen molar-refractivity contribution in [2.75, 3.05) is 19.4 Å². The number of hydrogen-bond acceptors (Lipinski definition) is 3. The predicted molar refractivity (Wildman–Crippen MR) is 68.8 cm³/mol. The molecule has 0 bridgehead atoms. The van der Waals surface area contributed by atoms with E-state index in [0.717, 1.165) is 5.69 Å². The fourth-order valence-electron chi connectivity index (χ4n) is 1.05. The summed E-state index contributed by atoms with van der Waals surface area (Å²) in [5.74, 6) is 0.730. The van der Waals surface area contributed by atoms with Crippen LogP contribution in [-0.2, 0) is 0 Å². The first kappa shape index (κ1) is 12.4. The van der Waals surface area contributed by atoms with E-state index in [9.17, 15) is 0 Å². The third-order valence-electron chi connectivity index (χ3n) is 1.89. The number of hydrogen-bond donors (Lipinski definition) is 3. The van der Waals surface area contributed by atoms with Crippen LogP contribution in [0.15, 0.2) is 36.2 Å². The van der Waals surface area contributed by atoms with Crippen molar-refractivity contribution in [3.8, 4) is 0 Å². The molecule has 16 heavy (non-hydrogen) atoms. The number of nitrogens with one attached hydrogen (secondary N) is 2. The molecule has 0 unspecified atom stereocenters. The highest BCUT2D eigenvalue weighted by Gasteiger charge is 1.98. The minimum Gasteiger partial charge on any atom is -0.385 e. The molecule has 0 aliphatic carbocycles. The van der Waals surface area contributed by atoms with Gasteiger partial charge in [0.2, 0.25) is 0 Å². The van der Waals surface area contributed by atoms with E-state index in [1.165, 1.54) is 0 Å². The Labute approximate surface area is 100 Å². The van der Waals surface area contributed by atoms with Crippen LogP contribution in [0.25, 0.3) is 0 Å². The molecule has 0 spiro atoms. The molecular weight excluding hydrogens is 224 g/mol. The first-order valence-corrected chi connectivity index (χ1v) is 5.12. The number of likely N-dealkylation sites (N-methyl/N-ethyl adjacent to an activating group) is 1. The molecule has 0 saturated heterocycles. The van der Waals surface area contributed by atoms with E-state index in [0.29, 0.717) is 16.7 Å². The number of rotatable bonds is 3. The van der Waals surface area contributed by atoms with Crippen molar-refractivity contribution in [2.45, 2.75) is 0 Å². The lowest BCUT2D eigenvalue weighted by atomic mass is 10.3. The monoisotopic (exact) mass is 238 g/mol. The minimum absolute atomic E-state index is 0.326. The number of benzene rings is 1.